The molecule has 0 N–H and O–H groups in total. The minimum Gasteiger partial charge on any atom is -0.480 e. The molecule has 0 saturated carbocycles. The third-order valence-corrected chi connectivity index (χ3v) is 4.66. The maximum atomic E-state index is 12.7. The zero-order valence-electron chi connectivity index (χ0n) is 14.5. The van der Waals surface area contributed by atoms with Gasteiger partial charge in [0.25, 0.3) is 5.91 Å². The molecule has 1 aromatic rings. The van der Waals surface area contributed by atoms with Crippen LogP contribution in [0.15, 0.2) is 28.7 Å². The summed E-state index contributed by atoms with van der Waals surface area (Å²) in [4.78, 5) is 28.3. The molecule has 1 aromatic carbocycles. The topological polar surface area (TPSA) is 49.9 Å². The van der Waals surface area contributed by atoms with E-state index in [2.05, 4.69) is 15.9 Å². The second-order valence-corrected chi connectivity index (χ2v) is 7.43. The summed E-state index contributed by atoms with van der Waals surface area (Å²) in [5.74, 6) is 0.491. The van der Waals surface area contributed by atoms with E-state index in [9.17, 15) is 9.59 Å². The van der Waals surface area contributed by atoms with Crippen LogP contribution in [-0.2, 0) is 9.59 Å². The Labute approximate surface area is 152 Å². The summed E-state index contributed by atoms with van der Waals surface area (Å²) in [7, 11) is 1.66. The molecule has 0 spiro atoms. The van der Waals surface area contributed by atoms with Crippen molar-refractivity contribution in [2.24, 2.45) is 5.92 Å². The Morgan fingerprint density at radius 1 is 1.21 bits per heavy atom. The standard InChI is InChI=1S/C18H25BrN2O3/c1-13(2)17(24-15-8-6-14(19)7-9-15)18(23)20(3)12-16(22)21-10-4-5-11-21/h6-9,13,17H,4-5,10-12H2,1-3H3/t17-/m0/s1. The summed E-state index contributed by atoms with van der Waals surface area (Å²) in [5.41, 5.74) is 0. The highest BCUT2D eigenvalue weighted by molar-refractivity contribution is 9.10. The Kier molecular flexibility index (Phi) is 6.66. The van der Waals surface area contributed by atoms with Crippen molar-refractivity contribution in [3.05, 3.63) is 28.7 Å². The molecule has 0 unspecified atom stereocenters. The predicted octanol–water partition coefficient (Wildman–Crippen LogP) is 2.93. The van der Waals surface area contributed by atoms with Gasteiger partial charge in [-0.05, 0) is 43.0 Å². The first kappa shape index (κ1) is 18.8. The first-order valence-electron chi connectivity index (χ1n) is 8.33. The Bertz CT molecular complexity index is 568. The number of amides is 2. The number of ether oxygens (including phenoxy) is 1. The van der Waals surface area contributed by atoms with Gasteiger partial charge in [0.2, 0.25) is 5.91 Å². The third-order valence-electron chi connectivity index (χ3n) is 4.13. The molecule has 5 nitrogen and oxygen atoms in total. The van der Waals surface area contributed by atoms with Crippen LogP contribution in [0, 0.1) is 5.92 Å². The van der Waals surface area contributed by atoms with E-state index < -0.39 is 6.10 Å². The van der Waals surface area contributed by atoms with Crippen molar-refractivity contribution in [1.82, 2.24) is 9.80 Å². The highest BCUT2D eigenvalue weighted by Gasteiger charge is 2.29. The fraction of sp³-hybridized carbons (Fsp3) is 0.556. The van der Waals surface area contributed by atoms with Crippen LogP contribution < -0.4 is 4.74 Å². The molecule has 132 valence electrons. The fourth-order valence-electron chi connectivity index (χ4n) is 2.70. The van der Waals surface area contributed by atoms with Gasteiger partial charge in [-0.3, -0.25) is 9.59 Å². The quantitative estimate of drug-likeness (QED) is 0.742. The van der Waals surface area contributed by atoms with Gasteiger partial charge in [0.1, 0.15) is 5.75 Å². The SMILES string of the molecule is CC(C)[C@H](Oc1ccc(Br)cc1)C(=O)N(C)CC(=O)N1CCCC1. The largest absolute Gasteiger partial charge is 0.480 e. The molecule has 0 radical (unpaired) electrons. The molecule has 0 aliphatic carbocycles. The van der Waals surface area contributed by atoms with Crippen LogP contribution in [0.5, 0.6) is 5.75 Å². The Hall–Kier alpha value is -1.56. The lowest BCUT2D eigenvalue weighted by atomic mass is 10.1. The number of hydrogen-bond acceptors (Lipinski definition) is 3. The van der Waals surface area contributed by atoms with E-state index in [4.69, 9.17) is 4.74 Å². The van der Waals surface area contributed by atoms with E-state index in [1.165, 1.54) is 4.90 Å². The molecular weight excluding hydrogens is 372 g/mol. The van der Waals surface area contributed by atoms with Gasteiger partial charge in [0.15, 0.2) is 6.10 Å². The van der Waals surface area contributed by atoms with Crippen LogP contribution in [0.2, 0.25) is 0 Å². The number of carbonyl (C=O) groups is 2. The van der Waals surface area contributed by atoms with Crippen LogP contribution in [-0.4, -0.2) is 54.4 Å². The van der Waals surface area contributed by atoms with Crippen LogP contribution in [0.1, 0.15) is 26.7 Å². The average Bonchev–Trinajstić information content (AvgIpc) is 3.07. The highest BCUT2D eigenvalue weighted by atomic mass is 79.9. The van der Waals surface area contributed by atoms with Gasteiger partial charge in [-0.2, -0.15) is 0 Å². The molecule has 1 saturated heterocycles. The number of hydrogen-bond donors (Lipinski definition) is 0. The van der Waals surface area contributed by atoms with Crippen LogP contribution >= 0.6 is 15.9 Å². The van der Waals surface area contributed by atoms with E-state index >= 15 is 0 Å². The highest BCUT2D eigenvalue weighted by Crippen LogP contribution is 2.20. The fourth-order valence-corrected chi connectivity index (χ4v) is 2.96. The maximum Gasteiger partial charge on any atom is 0.264 e. The summed E-state index contributed by atoms with van der Waals surface area (Å²) in [6.45, 7) is 5.58. The number of likely N-dealkylation sites (N-methyl/N-ethyl adjacent to an activating group) is 1. The van der Waals surface area contributed by atoms with Crippen molar-refractivity contribution >= 4 is 27.7 Å². The lowest BCUT2D eigenvalue weighted by Crippen LogP contribution is -2.47. The van der Waals surface area contributed by atoms with Crippen LogP contribution in [0.25, 0.3) is 0 Å². The molecule has 0 bridgehead atoms. The molecule has 1 fully saturated rings. The summed E-state index contributed by atoms with van der Waals surface area (Å²) in [5, 5.41) is 0. The summed E-state index contributed by atoms with van der Waals surface area (Å²) >= 11 is 3.38. The average molecular weight is 397 g/mol. The van der Waals surface area contributed by atoms with Gasteiger partial charge < -0.3 is 14.5 Å². The molecule has 1 heterocycles. The van der Waals surface area contributed by atoms with Crippen LogP contribution in [0.4, 0.5) is 0 Å². The lowest BCUT2D eigenvalue weighted by Gasteiger charge is -2.28. The second kappa shape index (κ2) is 8.51. The van der Waals surface area contributed by atoms with Crippen molar-refractivity contribution in [2.45, 2.75) is 32.8 Å². The first-order chi connectivity index (χ1) is 11.4. The number of nitrogens with zero attached hydrogens (tertiary/aromatic N) is 2. The zero-order valence-corrected chi connectivity index (χ0v) is 16.1. The minimum atomic E-state index is -0.609. The van der Waals surface area contributed by atoms with E-state index in [-0.39, 0.29) is 24.3 Å². The van der Waals surface area contributed by atoms with Gasteiger partial charge in [0, 0.05) is 24.6 Å². The van der Waals surface area contributed by atoms with Gasteiger partial charge in [-0.15, -0.1) is 0 Å². The molecule has 2 rings (SSSR count). The van der Waals surface area contributed by atoms with E-state index in [1.807, 2.05) is 43.0 Å². The number of carbonyl (C=O) groups excluding carboxylic acids is 2. The van der Waals surface area contributed by atoms with Crippen molar-refractivity contribution in [2.75, 3.05) is 26.7 Å². The molecule has 0 aromatic heterocycles. The van der Waals surface area contributed by atoms with E-state index in [1.54, 1.807) is 7.05 Å². The Morgan fingerprint density at radius 3 is 2.33 bits per heavy atom. The van der Waals surface area contributed by atoms with Crippen molar-refractivity contribution in [3.63, 3.8) is 0 Å². The number of benzene rings is 1. The number of likely N-dealkylation sites (tertiary alicyclic amines) is 1. The Morgan fingerprint density at radius 2 is 1.79 bits per heavy atom. The molecule has 1 atom stereocenters. The van der Waals surface area contributed by atoms with Gasteiger partial charge in [-0.1, -0.05) is 29.8 Å². The zero-order chi connectivity index (χ0) is 17.7. The van der Waals surface area contributed by atoms with Crippen molar-refractivity contribution < 1.29 is 14.3 Å². The normalized spacial score (nSPS) is 15.5. The predicted molar refractivity (Wildman–Crippen MR) is 96.8 cm³/mol. The maximum absolute atomic E-state index is 12.7. The summed E-state index contributed by atoms with van der Waals surface area (Å²) < 4.78 is 6.84. The molecular formula is C18H25BrN2O3. The minimum absolute atomic E-state index is 0.00508. The summed E-state index contributed by atoms with van der Waals surface area (Å²) in [6, 6.07) is 7.39. The Balaban J connectivity index is 1.99. The monoisotopic (exact) mass is 396 g/mol. The third kappa shape index (κ3) is 4.97. The van der Waals surface area contributed by atoms with Gasteiger partial charge >= 0.3 is 0 Å². The molecule has 6 heteroatoms. The van der Waals surface area contributed by atoms with E-state index in [0.717, 1.165) is 30.4 Å². The van der Waals surface area contributed by atoms with Gasteiger partial charge in [-0.25, -0.2) is 0 Å². The van der Waals surface area contributed by atoms with Gasteiger partial charge in [0.05, 0.1) is 6.54 Å². The smallest absolute Gasteiger partial charge is 0.264 e. The number of halogens is 1. The summed E-state index contributed by atoms with van der Waals surface area (Å²) in [6.07, 6.45) is 1.48. The van der Waals surface area contributed by atoms with Crippen LogP contribution in [0.3, 0.4) is 0 Å². The van der Waals surface area contributed by atoms with Crippen molar-refractivity contribution in [1.29, 1.82) is 0 Å². The molecule has 2 amide bonds. The molecule has 1 aliphatic heterocycles. The van der Waals surface area contributed by atoms with E-state index in [0.29, 0.717) is 5.75 Å². The van der Waals surface area contributed by atoms with Crippen molar-refractivity contribution in [3.8, 4) is 5.75 Å². The second-order valence-electron chi connectivity index (χ2n) is 6.52. The number of rotatable bonds is 6. The molecule has 24 heavy (non-hydrogen) atoms. The lowest BCUT2D eigenvalue weighted by molar-refractivity contribution is -0.144. The first-order valence-corrected chi connectivity index (χ1v) is 9.12. The molecule has 1 aliphatic rings.